The molecule has 3 rings (SSSR count). The molecule has 110 valence electrons. The first-order valence-corrected chi connectivity index (χ1v) is 7.12. The van der Waals surface area contributed by atoms with E-state index in [9.17, 15) is 13.2 Å². The average Bonchev–Trinajstić information content (AvgIpc) is 3.23. The highest BCUT2D eigenvalue weighted by Crippen LogP contribution is 2.34. The Morgan fingerprint density at radius 3 is 2.30 bits per heavy atom. The Bertz CT molecular complexity index is 453. The molecule has 1 aliphatic carbocycles. The third-order valence-corrected chi connectivity index (χ3v) is 3.89. The lowest BCUT2D eigenvalue weighted by Crippen LogP contribution is -2.46. The molecule has 0 bridgehead atoms. The van der Waals surface area contributed by atoms with Crippen LogP contribution >= 0.6 is 0 Å². The van der Waals surface area contributed by atoms with Gasteiger partial charge in [0, 0.05) is 6.04 Å². The minimum Gasteiger partial charge on any atom is -0.490 e. The molecule has 1 heterocycles. The zero-order valence-corrected chi connectivity index (χ0v) is 11.1. The van der Waals surface area contributed by atoms with Crippen molar-refractivity contribution in [1.82, 2.24) is 5.32 Å². The van der Waals surface area contributed by atoms with Crippen LogP contribution in [0.3, 0.4) is 0 Å². The molecular weight excluding hydrogens is 267 g/mol. The van der Waals surface area contributed by atoms with Crippen molar-refractivity contribution in [1.29, 1.82) is 0 Å². The van der Waals surface area contributed by atoms with Gasteiger partial charge >= 0.3 is 6.18 Å². The summed E-state index contributed by atoms with van der Waals surface area (Å²) in [6.07, 6.45) is -0.115. The van der Waals surface area contributed by atoms with Crippen molar-refractivity contribution < 1.29 is 17.9 Å². The first-order chi connectivity index (χ1) is 9.52. The maximum Gasteiger partial charge on any atom is 0.403 e. The largest absolute Gasteiger partial charge is 0.490 e. The number of hydrogen-bond acceptors (Lipinski definition) is 2. The molecule has 1 saturated carbocycles. The van der Waals surface area contributed by atoms with E-state index in [0.29, 0.717) is 12.5 Å². The summed E-state index contributed by atoms with van der Waals surface area (Å²) in [5.41, 5.74) is 0.905. The molecule has 1 saturated heterocycles. The summed E-state index contributed by atoms with van der Waals surface area (Å²) in [7, 11) is 0. The van der Waals surface area contributed by atoms with Crippen molar-refractivity contribution in [2.75, 3.05) is 0 Å². The lowest BCUT2D eigenvalue weighted by atomic mass is 9.93. The lowest BCUT2D eigenvalue weighted by Gasteiger charge is -2.32. The summed E-state index contributed by atoms with van der Waals surface area (Å²) < 4.78 is 43.9. The van der Waals surface area contributed by atoms with Crippen molar-refractivity contribution in [2.24, 2.45) is 0 Å². The second kappa shape index (κ2) is 5.28. The number of piperidine rings is 1. The second-order valence-electron chi connectivity index (χ2n) is 5.63. The monoisotopic (exact) mass is 285 g/mol. The number of hydrogen-bond donors (Lipinski definition) is 1. The van der Waals surface area contributed by atoms with Gasteiger partial charge < -0.3 is 4.74 Å². The van der Waals surface area contributed by atoms with Gasteiger partial charge in [0.1, 0.15) is 11.8 Å². The molecule has 0 aromatic heterocycles. The van der Waals surface area contributed by atoms with Crippen LogP contribution in [0.1, 0.15) is 43.7 Å². The van der Waals surface area contributed by atoms with E-state index >= 15 is 0 Å². The molecular formula is C15H18F3NO. The van der Waals surface area contributed by atoms with E-state index in [-0.39, 0.29) is 12.5 Å². The zero-order chi connectivity index (χ0) is 14.2. The Hall–Kier alpha value is -1.23. The number of alkyl halides is 3. The van der Waals surface area contributed by atoms with E-state index in [4.69, 9.17) is 4.74 Å². The van der Waals surface area contributed by atoms with E-state index in [1.54, 1.807) is 0 Å². The van der Waals surface area contributed by atoms with Crippen LogP contribution in [0.4, 0.5) is 13.2 Å². The minimum absolute atomic E-state index is 0.170. The van der Waals surface area contributed by atoms with E-state index in [1.807, 2.05) is 24.3 Å². The van der Waals surface area contributed by atoms with Gasteiger partial charge in [-0.05, 0) is 49.8 Å². The van der Waals surface area contributed by atoms with Gasteiger partial charge in [-0.15, -0.1) is 0 Å². The van der Waals surface area contributed by atoms with Gasteiger partial charge in [0.05, 0.1) is 6.10 Å². The minimum atomic E-state index is -4.16. The summed E-state index contributed by atoms with van der Waals surface area (Å²) in [6, 6.07) is 5.84. The van der Waals surface area contributed by atoms with Gasteiger partial charge in [-0.25, -0.2) is 0 Å². The molecule has 1 aromatic carbocycles. The maximum atomic E-state index is 12.8. The van der Waals surface area contributed by atoms with Crippen LogP contribution in [-0.2, 0) is 0 Å². The topological polar surface area (TPSA) is 21.3 Å². The fraction of sp³-hybridized carbons (Fsp3) is 0.600. The van der Waals surface area contributed by atoms with Crippen LogP contribution < -0.4 is 10.1 Å². The lowest BCUT2D eigenvalue weighted by molar-refractivity contribution is -0.163. The SMILES string of the molecule is FC(F)(F)C1CCCC(c2ccc(OC3CC3)cc2)N1. The molecule has 2 aliphatic rings. The van der Waals surface area contributed by atoms with E-state index < -0.39 is 12.2 Å². The van der Waals surface area contributed by atoms with Crippen LogP contribution in [0.15, 0.2) is 24.3 Å². The van der Waals surface area contributed by atoms with Gasteiger partial charge in [-0.3, -0.25) is 5.32 Å². The summed E-state index contributed by atoms with van der Waals surface area (Å²) >= 11 is 0. The highest BCUT2D eigenvalue weighted by Gasteiger charge is 2.42. The fourth-order valence-electron chi connectivity index (χ4n) is 2.61. The van der Waals surface area contributed by atoms with Crippen LogP contribution in [0, 0.1) is 0 Å². The molecule has 1 N–H and O–H groups in total. The van der Waals surface area contributed by atoms with Crippen LogP contribution in [0.25, 0.3) is 0 Å². The molecule has 2 nitrogen and oxygen atoms in total. The molecule has 2 fully saturated rings. The maximum absolute atomic E-state index is 12.8. The predicted octanol–water partition coefficient (Wildman–Crippen LogP) is 3.97. The van der Waals surface area contributed by atoms with Crippen LogP contribution in [0.5, 0.6) is 5.75 Å². The summed E-state index contributed by atoms with van der Waals surface area (Å²) in [5.74, 6) is 0.805. The third-order valence-electron chi connectivity index (χ3n) is 3.89. The van der Waals surface area contributed by atoms with E-state index in [1.165, 1.54) is 0 Å². The quantitative estimate of drug-likeness (QED) is 0.907. The molecule has 0 amide bonds. The van der Waals surface area contributed by atoms with E-state index in [2.05, 4.69) is 5.32 Å². The fourth-order valence-corrected chi connectivity index (χ4v) is 2.61. The van der Waals surface area contributed by atoms with Crippen LogP contribution in [0.2, 0.25) is 0 Å². The molecule has 5 heteroatoms. The standard InChI is InChI=1S/C15H18F3NO/c16-15(17,18)14-3-1-2-13(19-14)10-4-6-11(7-5-10)20-12-8-9-12/h4-7,12-14,19H,1-3,8-9H2. The van der Waals surface area contributed by atoms with Gasteiger partial charge in [-0.2, -0.15) is 13.2 Å². The number of benzene rings is 1. The van der Waals surface area contributed by atoms with Gasteiger partial charge in [-0.1, -0.05) is 12.1 Å². The smallest absolute Gasteiger partial charge is 0.403 e. The number of ether oxygens (including phenoxy) is 1. The molecule has 2 unspecified atom stereocenters. The van der Waals surface area contributed by atoms with Gasteiger partial charge in [0.2, 0.25) is 0 Å². The first-order valence-electron chi connectivity index (χ1n) is 7.12. The van der Waals surface area contributed by atoms with Crippen molar-refractivity contribution in [3.63, 3.8) is 0 Å². The van der Waals surface area contributed by atoms with E-state index in [0.717, 1.165) is 30.6 Å². The van der Waals surface area contributed by atoms with Crippen LogP contribution in [-0.4, -0.2) is 18.3 Å². The highest BCUT2D eigenvalue weighted by atomic mass is 19.4. The van der Waals surface area contributed by atoms with Crippen molar-refractivity contribution >= 4 is 0 Å². The second-order valence-corrected chi connectivity index (χ2v) is 5.63. The molecule has 2 atom stereocenters. The number of nitrogens with one attached hydrogen (secondary N) is 1. The Labute approximate surface area is 116 Å². The summed E-state index contributed by atoms with van der Waals surface area (Å²) in [4.78, 5) is 0. The first kappa shape index (κ1) is 13.7. The Morgan fingerprint density at radius 2 is 1.70 bits per heavy atom. The number of rotatable bonds is 3. The van der Waals surface area contributed by atoms with Gasteiger partial charge in [0.25, 0.3) is 0 Å². The average molecular weight is 285 g/mol. The Kier molecular flexibility index (Phi) is 3.63. The molecule has 0 spiro atoms. The third kappa shape index (κ3) is 3.26. The van der Waals surface area contributed by atoms with Crippen molar-refractivity contribution in [2.45, 2.75) is 56.5 Å². The summed E-state index contributed by atoms with van der Waals surface area (Å²) in [5, 5.41) is 2.72. The number of halogens is 3. The summed E-state index contributed by atoms with van der Waals surface area (Å²) in [6.45, 7) is 0. The Morgan fingerprint density at radius 1 is 1.00 bits per heavy atom. The zero-order valence-electron chi connectivity index (χ0n) is 11.1. The molecule has 20 heavy (non-hydrogen) atoms. The predicted molar refractivity (Wildman–Crippen MR) is 69.7 cm³/mol. The molecule has 1 aromatic rings. The molecule has 0 radical (unpaired) electrons. The highest BCUT2D eigenvalue weighted by molar-refractivity contribution is 5.30. The Balaban J connectivity index is 1.65. The normalized spacial score (nSPS) is 27.4. The van der Waals surface area contributed by atoms with Crippen molar-refractivity contribution in [3.8, 4) is 5.75 Å². The molecule has 1 aliphatic heterocycles. The van der Waals surface area contributed by atoms with Gasteiger partial charge in [0.15, 0.2) is 0 Å². The van der Waals surface area contributed by atoms with Crippen molar-refractivity contribution in [3.05, 3.63) is 29.8 Å².